The first kappa shape index (κ1) is 44.8. The van der Waals surface area contributed by atoms with Crippen molar-refractivity contribution in [1.29, 1.82) is 0 Å². The summed E-state index contributed by atoms with van der Waals surface area (Å²) in [6, 6.07) is 12.2. The average molecular weight is 864 g/mol. The number of aromatic nitrogens is 2. The summed E-state index contributed by atoms with van der Waals surface area (Å²) >= 11 is 0. The van der Waals surface area contributed by atoms with Gasteiger partial charge in [-0.3, -0.25) is 39.1 Å². The van der Waals surface area contributed by atoms with Crippen LogP contribution in [-0.4, -0.2) is 145 Å². The molecule has 1 unspecified atom stereocenters. The van der Waals surface area contributed by atoms with Crippen LogP contribution in [0.1, 0.15) is 76.8 Å². The minimum absolute atomic E-state index is 0.00225. The standard InChI is InChI=1S/C46H57N9O8/c56-41(13-9-34-6-4-17-47-29-34)49-18-2-1-5-33-15-20-54(21-16-33)45(60)35-10-12-40(50-30-35)52-22-24-53(25-23-52)43(58)32-63-28-27-62-26-19-48-38-8-3-7-36-37(38)31-55(46(36)61)39-11-14-42(57)51-44(39)59/h3-4,6-10,12-13,17,29-30,33,39,48H,1-2,5,11,14-16,18-28,31-32H2,(H,49,56)(H,51,57,59)/b13-9+. The number of nitrogens with one attached hydrogen (secondary N) is 3. The van der Waals surface area contributed by atoms with Gasteiger partial charge in [0.05, 0.1) is 25.4 Å². The van der Waals surface area contributed by atoms with E-state index in [1.54, 1.807) is 41.7 Å². The molecule has 63 heavy (non-hydrogen) atoms. The first-order valence-electron chi connectivity index (χ1n) is 22.0. The maximum atomic E-state index is 13.3. The molecule has 17 nitrogen and oxygen atoms in total. The number of unbranched alkanes of at least 4 members (excludes halogenated alkanes) is 1. The zero-order valence-corrected chi connectivity index (χ0v) is 35.7. The molecule has 1 atom stereocenters. The molecule has 0 saturated carbocycles. The Labute approximate surface area is 367 Å². The number of amides is 6. The number of pyridine rings is 2. The Morgan fingerprint density at radius 2 is 1.67 bits per heavy atom. The van der Waals surface area contributed by atoms with E-state index in [-0.39, 0.29) is 55.7 Å². The molecule has 6 heterocycles. The van der Waals surface area contributed by atoms with Gasteiger partial charge in [0.2, 0.25) is 23.6 Å². The summed E-state index contributed by atoms with van der Waals surface area (Å²) in [6.45, 7) is 6.13. The van der Waals surface area contributed by atoms with Crippen LogP contribution in [0.25, 0.3) is 6.08 Å². The molecule has 0 aliphatic carbocycles. The quantitative estimate of drug-likeness (QED) is 0.0908. The van der Waals surface area contributed by atoms with Crippen molar-refractivity contribution in [1.82, 2.24) is 35.3 Å². The molecule has 0 bridgehead atoms. The van der Waals surface area contributed by atoms with Crippen LogP contribution in [0.5, 0.6) is 0 Å². The summed E-state index contributed by atoms with van der Waals surface area (Å²) in [6.07, 6.45) is 13.9. The van der Waals surface area contributed by atoms with Crippen LogP contribution < -0.4 is 20.9 Å². The SMILES string of the molecule is O=C(/C=C/c1cccnc1)NCCCCC1CCN(C(=O)c2ccc(N3CCN(C(=O)COCCOCCNc4cccc5c4CN(C4CCC(=O)NC4=O)C5=O)CC3)nc2)CC1. The lowest BCUT2D eigenvalue weighted by atomic mass is 9.91. The first-order chi connectivity index (χ1) is 30.7. The van der Waals surface area contributed by atoms with Gasteiger partial charge in [-0.2, -0.15) is 0 Å². The highest BCUT2D eigenvalue weighted by atomic mass is 16.5. The summed E-state index contributed by atoms with van der Waals surface area (Å²) in [5.74, 6) is 0.195. The molecule has 3 fully saturated rings. The van der Waals surface area contributed by atoms with Gasteiger partial charge in [-0.25, -0.2) is 4.98 Å². The van der Waals surface area contributed by atoms with E-state index >= 15 is 0 Å². The van der Waals surface area contributed by atoms with Crippen LogP contribution in [0.2, 0.25) is 0 Å². The summed E-state index contributed by atoms with van der Waals surface area (Å²) in [4.78, 5) is 91.2. The van der Waals surface area contributed by atoms with Crippen molar-refractivity contribution in [3.63, 3.8) is 0 Å². The smallest absolute Gasteiger partial charge is 0.255 e. The zero-order chi connectivity index (χ0) is 44.0. The molecular weight excluding hydrogens is 807 g/mol. The molecule has 0 spiro atoms. The number of hydrogen-bond acceptors (Lipinski definition) is 12. The topological polar surface area (TPSA) is 196 Å². The second-order valence-corrected chi connectivity index (χ2v) is 16.2. The van der Waals surface area contributed by atoms with Crippen molar-refractivity contribution in [2.45, 2.75) is 57.5 Å². The fourth-order valence-corrected chi connectivity index (χ4v) is 8.45. The van der Waals surface area contributed by atoms with E-state index in [4.69, 9.17) is 9.47 Å². The Morgan fingerprint density at radius 1 is 0.841 bits per heavy atom. The lowest BCUT2D eigenvalue weighted by Gasteiger charge is -2.35. The van der Waals surface area contributed by atoms with Crippen LogP contribution in [0.15, 0.2) is 67.1 Å². The lowest BCUT2D eigenvalue weighted by molar-refractivity contribution is -0.138. The highest BCUT2D eigenvalue weighted by molar-refractivity contribution is 6.06. The lowest BCUT2D eigenvalue weighted by Crippen LogP contribution is -2.52. The van der Waals surface area contributed by atoms with E-state index in [9.17, 15) is 28.8 Å². The second kappa shape index (κ2) is 22.2. The third kappa shape index (κ3) is 12.3. The fraction of sp³-hybridized carbons (Fsp3) is 0.478. The van der Waals surface area contributed by atoms with Crippen LogP contribution in [-0.2, 0) is 35.2 Å². The predicted octanol–water partition coefficient (Wildman–Crippen LogP) is 2.88. The number of piperazine rings is 1. The van der Waals surface area contributed by atoms with Crippen LogP contribution in [0.4, 0.5) is 11.5 Å². The summed E-state index contributed by atoms with van der Waals surface area (Å²) in [7, 11) is 0. The molecule has 2 aromatic heterocycles. The molecular formula is C46H57N9O8. The highest BCUT2D eigenvalue weighted by Gasteiger charge is 2.40. The number of rotatable bonds is 19. The Morgan fingerprint density at radius 3 is 2.43 bits per heavy atom. The third-order valence-corrected chi connectivity index (χ3v) is 12.0. The van der Waals surface area contributed by atoms with Crippen molar-refractivity contribution in [3.8, 4) is 0 Å². The molecule has 4 aliphatic heterocycles. The highest BCUT2D eigenvalue weighted by Crippen LogP contribution is 2.32. The molecule has 3 N–H and O–H groups in total. The third-order valence-electron chi connectivity index (χ3n) is 12.0. The number of ether oxygens (including phenoxy) is 2. The van der Waals surface area contributed by atoms with Gasteiger partial charge in [0.1, 0.15) is 18.5 Å². The fourth-order valence-electron chi connectivity index (χ4n) is 8.45. The minimum Gasteiger partial charge on any atom is -0.382 e. The van der Waals surface area contributed by atoms with Gasteiger partial charge in [-0.15, -0.1) is 0 Å². The zero-order valence-electron chi connectivity index (χ0n) is 35.7. The van der Waals surface area contributed by atoms with Gasteiger partial charge in [-0.05, 0) is 73.6 Å². The Balaban J connectivity index is 0.715. The van der Waals surface area contributed by atoms with Crippen LogP contribution in [0.3, 0.4) is 0 Å². The number of likely N-dealkylation sites (tertiary alicyclic amines) is 1. The van der Waals surface area contributed by atoms with Gasteiger partial charge in [0.25, 0.3) is 11.8 Å². The van der Waals surface area contributed by atoms with Crippen molar-refractivity contribution >= 4 is 53.0 Å². The van der Waals surface area contributed by atoms with Crippen molar-refractivity contribution in [3.05, 3.63) is 89.4 Å². The molecule has 0 radical (unpaired) electrons. The summed E-state index contributed by atoms with van der Waals surface area (Å²) in [5.41, 5.74) is 3.62. The normalized spacial score (nSPS) is 18.2. The van der Waals surface area contributed by atoms with E-state index in [0.717, 1.165) is 67.8 Å². The summed E-state index contributed by atoms with van der Waals surface area (Å²) < 4.78 is 11.3. The Bertz CT molecular complexity index is 2100. The molecule has 334 valence electrons. The predicted molar refractivity (Wildman–Crippen MR) is 234 cm³/mol. The van der Waals surface area contributed by atoms with E-state index < -0.39 is 11.9 Å². The number of piperidine rings is 2. The number of benzene rings is 1. The van der Waals surface area contributed by atoms with E-state index in [1.807, 2.05) is 35.2 Å². The molecule has 3 aromatic rings. The minimum atomic E-state index is -0.665. The second-order valence-electron chi connectivity index (χ2n) is 16.2. The van der Waals surface area contributed by atoms with Gasteiger partial charge in [0.15, 0.2) is 0 Å². The van der Waals surface area contributed by atoms with Crippen LogP contribution in [0, 0.1) is 5.92 Å². The molecule has 6 amide bonds. The van der Waals surface area contributed by atoms with Crippen molar-refractivity contribution < 1.29 is 38.2 Å². The van der Waals surface area contributed by atoms with Gasteiger partial charge in [0, 0.05) is 107 Å². The number of carbonyl (C=O) groups excluding carboxylic acids is 6. The summed E-state index contributed by atoms with van der Waals surface area (Å²) in [5, 5.41) is 8.59. The van der Waals surface area contributed by atoms with Gasteiger partial charge in [-0.1, -0.05) is 25.0 Å². The van der Waals surface area contributed by atoms with Gasteiger partial charge >= 0.3 is 0 Å². The molecule has 1 aromatic carbocycles. The maximum absolute atomic E-state index is 13.3. The molecule has 3 saturated heterocycles. The van der Waals surface area contributed by atoms with Crippen molar-refractivity contribution in [2.24, 2.45) is 5.92 Å². The monoisotopic (exact) mass is 863 g/mol. The number of nitrogens with zero attached hydrogens (tertiary/aromatic N) is 6. The Kier molecular flexibility index (Phi) is 15.8. The van der Waals surface area contributed by atoms with E-state index in [1.165, 1.54) is 11.0 Å². The number of hydrogen-bond donors (Lipinski definition) is 3. The number of carbonyl (C=O) groups is 6. The molecule has 7 rings (SSSR count). The van der Waals surface area contributed by atoms with Gasteiger partial charge < -0.3 is 39.7 Å². The van der Waals surface area contributed by atoms with E-state index in [0.29, 0.717) is 75.9 Å². The maximum Gasteiger partial charge on any atom is 0.255 e. The van der Waals surface area contributed by atoms with E-state index in [2.05, 4.69) is 30.8 Å². The number of fused-ring (bicyclic) bond motifs is 1. The van der Waals surface area contributed by atoms with Crippen molar-refractivity contribution in [2.75, 3.05) is 89.0 Å². The van der Waals surface area contributed by atoms with Crippen LogP contribution >= 0.6 is 0 Å². The average Bonchev–Trinajstić information content (AvgIpc) is 3.65. The first-order valence-corrected chi connectivity index (χ1v) is 22.0. The molecule has 17 heteroatoms. The number of imide groups is 1. The Hall–Kier alpha value is -6.20. The molecule has 4 aliphatic rings. The number of anilines is 2. The largest absolute Gasteiger partial charge is 0.382 e.